The molecule has 8 rings (SSSR count). The number of hydrogen-bond acceptors (Lipinski definition) is 11. The lowest BCUT2D eigenvalue weighted by Gasteiger charge is -2.36. The molecule has 18 heteroatoms. The summed E-state index contributed by atoms with van der Waals surface area (Å²) in [7, 11) is -7.67. The van der Waals surface area contributed by atoms with Crippen LogP contribution in [0.25, 0.3) is 21.9 Å². The summed E-state index contributed by atoms with van der Waals surface area (Å²) in [6, 6.07) is 23.3. The Morgan fingerprint density at radius 2 is 1.10 bits per heavy atom. The van der Waals surface area contributed by atoms with Crippen LogP contribution < -0.4 is 24.6 Å². The summed E-state index contributed by atoms with van der Waals surface area (Å²) < 4.78 is 73.4. The average molecular weight is 884 g/mol. The van der Waals surface area contributed by atoms with Crippen molar-refractivity contribution < 1.29 is 35.2 Å². The van der Waals surface area contributed by atoms with E-state index in [2.05, 4.69) is 24.6 Å². The first-order valence-electron chi connectivity index (χ1n) is 18.8. The van der Waals surface area contributed by atoms with Crippen molar-refractivity contribution in [1.82, 2.24) is 10.2 Å². The second-order valence-corrected chi connectivity index (χ2v) is 19.0. The van der Waals surface area contributed by atoms with Crippen LogP contribution in [0.15, 0.2) is 116 Å². The number of benzene rings is 4. The van der Waals surface area contributed by atoms with Crippen LogP contribution in [-0.2, 0) is 24.8 Å². The van der Waals surface area contributed by atoms with Crippen molar-refractivity contribution in [2.75, 3.05) is 71.6 Å². The molecule has 59 heavy (non-hydrogen) atoms. The van der Waals surface area contributed by atoms with Crippen molar-refractivity contribution >= 4 is 94.0 Å². The minimum Gasteiger partial charge on any atom is -0.462 e. The Morgan fingerprint density at radius 3 is 1.54 bits per heavy atom. The molecule has 1 amide bonds. The van der Waals surface area contributed by atoms with Gasteiger partial charge in [0.2, 0.25) is 0 Å². The van der Waals surface area contributed by atoms with Crippen LogP contribution in [0.4, 0.5) is 27.5 Å². The molecule has 312 valence electrons. The number of amides is 1. The number of nitrogens with one attached hydrogen (secondary N) is 3. The lowest BCUT2D eigenvalue weighted by Crippen LogP contribution is -2.50. The summed E-state index contributed by atoms with van der Waals surface area (Å²) in [6.07, 6.45) is 2.84. The number of sulfonamides is 2. The molecule has 2 saturated heterocycles. The number of furan rings is 2. The summed E-state index contributed by atoms with van der Waals surface area (Å²) in [5.74, 6) is 0. The Morgan fingerprint density at radius 1 is 0.661 bits per heavy atom. The van der Waals surface area contributed by atoms with E-state index in [0.717, 1.165) is 53.9 Å². The van der Waals surface area contributed by atoms with Crippen molar-refractivity contribution in [3.05, 3.63) is 108 Å². The average Bonchev–Trinajstić information content (AvgIpc) is 3.87. The van der Waals surface area contributed by atoms with E-state index in [-0.39, 0.29) is 25.9 Å². The first-order chi connectivity index (χ1) is 28.1. The standard InChI is InChI=1S/C23H26ClN3O5S.C18H18ClN3O3S/c1-23(2,3)32-22(28)27-11-9-26(10-12-27)19-15-17(14-16-8-13-31-21(16)19)25-33(29,30)20-7-5-4-6-18(20)24;19-15-3-1-2-4-17(15)26(23,24)21-14-11-13-5-10-25-18(13)16(12-14)22-8-6-20-7-9-22/h4-8,13-15,25H,9-12H2,1-3H3;1-5,10-12,20-21H,6-9H2. The Kier molecular flexibility index (Phi) is 12.3. The van der Waals surface area contributed by atoms with Gasteiger partial charge in [-0.15, -0.1) is 0 Å². The van der Waals surface area contributed by atoms with E-state index in [9.17, 15) is 21.6 Å². The fourth-order valence-electron chi connectivity index (χ4n) is 6.82. The Labute approximate surface area is 353 Å². The number of ether oxygens (including phenoxy) is 1. The molecule has 2 aliphatic heterocycles. The van der Waals surface area contributed by atoms with E-state index in [0.29, 0.717) is 43.1 Å². The molecule has 0 radical (unpaired) electrons. The number of carbonyl (C=O) groups is 1. The van der Waals surface area contributed by atoms with E-state index in [4.69, 9.17) is 36.8 Å². The number of nitrogens with zero attached hydrogens (tertiary/aromatic N) is 3. The van der Waals surface area contributed by atoms with Gasteiger partial charge < -0.3 is 33.6 Å². The summed E-state index contributed by atoms with van der Waals surface area (Å²) >= 11 is 12.2. The van der Waals surface area contributed by atoms with Gasteiger partial charge in [-0.3, -0.25) is 9.44 Å². The van der Waals surface area contributed by atoms with Crippen molar-refractivity contribution in [1.29, 1.82) is 0 Å². The Hall–Kier alpha value is -5.13. The van der Waals surface area contributed by atoms with Gasteiger partial charge in [0.15, 0.2) is 11.2 Å². The Balaban J connectivity index is 0.000000184. The third-order valence-electron chi connectivity index (χ3n) is 9.55. The number of rotatable bonds is 8. The molecule has 6 aromatic rings. The van der Waals surface area contributed by atoms with Gasteiger partial charge in [0.25, 0.3) is 20.0 Å². The smallest absolute Gasteiger partial charge is 0.410 e. The molecule has 14 nitrogen and oxygen atoms in total. The molecule has 3 N–H and O–H groups in total. The molecular formula is C41H44Cl2N6O8S2. The van der Waals surface area contributed by atoms with Crippen LogP contribution in [0.2, 0.25) is 10.0 Å². The highest BCUT2D eigenvalue weighted by molar-refractivity contribution is 7.93. The SMILES string of the molecule is CC(C)(C)OC(=O)N1CCN(c2cc(NS(=O)(=O)c3ccccc3Cl)cc3ccoc23)CC1.O=S(=O)(Nc1cc(N2CCNCC2)c2occc2c1)c1ccccc1Cl. The Bertz CT molecular complexity index is 2680. The fraction of sp³-hybridized carbons (Fsp3) is 0.293. The first kappa shape index (κ1) is 42.0. The van der Waals surface area contributed by atoms with Crippen molar-refractivity contribution in [3.63, 3.8) is 0 Å². The normalized spacial score (nSPS) is 15.2. The molecule has 0 aliphatic carbocycles. The summed E-state index contributed by atoms with van der Waals surface area (Å²) in [4.78, 5) is 18.4. The molecule has 0 saturated carbocycles. The number of hydrogen-bond donors (Lipinski definition) is 3. The van der Waals surface area contributed by atoms with Crippen LogP contribution in [-0.4, -0.2) is 85.8 Å². The third-order valence-corrected chi connectivity index (χ3v) is 13.3. The topological polar surface area (TPSA) is 167 Å². The highest BCUT2D eigenvalue weighted by atomic mass is 35.5. The first-order valence-corrected chi connectivity index (χ1v) is 22.6. The highest BCUT2D eigenvalue weighted by Crippen LogP contribution is 2.36. The largest absolute Gasteiger partial charge is 0.462 e. The zero-order chi connectivity index (χ0) is 42.0. The minimum absolute atomic E-state index is 0.00600. The van der Waals surface area contributed by atoms with E-state index in [1.54, 1.807) is 72.0 Å². The summed E-state index contributed by atoms with van der Waals surface area (Å²) in [5.41, 5.74) is 3.36. The molecule has 2 aromatic heterocycles. The lowest BCUT2D eigenvalue weighted by molar-refractivity contribution is 0.0240. The van der Waals surface area contributed by atoms with Crippen molar-refractivity contribution in [2.24, 2.45) is 0 Å². The molecule has 0 bridgehead atoms. The van der Waals surface area contributed by atoms with Crippen molar-refractivity contribution in [2.45, 2.75) is 36.2 Å². The quantitative estimate of drug-likeness (QED) is 0.135. The number of anilines is 4. The van der Waals surface area contributed by atoms with Gasteiger partial charge in [0.1, 0.15) is 15.4 Å². The maximum atomic E-state index is 12.9. The molecule has 2 fully saturated rings. The van der Waals surface area contributed by atoms with E-state index < -0.39 is 25.6 Å². The van der Waals surface area contributed by atoms with Crippen molar-refractivity contribution in [3.8, 4) is 0 Å². The van der Waals surface area contributed by atoms with Crippen LogP contribution in [0.5, 0.6) is 0 Å². The molecule has 0 unspecified atom stereocenters. The molecule has 0 atom stereocenters. The molecule has 4 heterocycles. The zero-order valence-corrected chi connectivity index (χ0v) is 35.7. The van der Waals surface area contributed by atoms with E-state index in [1.807, 2.05) is 32.9 Å². The van der Waals surface area contributed by atoms with Gasteiger partial charge in [0.05, 0.1) is 45.3 Å². The van der Waals surface area contributed by atoms with Crippen LogP contribution in [0.1, 0.15) is 20.8 Å². The summed E-state index contributed by atoms with van der Waals surface area (Å²) in [6.45, 7) is 11.0. The van der Waals surface area contributed by atoms with Crippen LogP contribution in [0.3, 0.4) is 0 Å². The second kappa shape index (κ2) is 17.2. The van der Waals surface area contributed by atoms with E-state index >= 15 is 0 Å². The number of piperazine rings is 2. The molecule has 4 aromatic carbocycles. The van der Waals surface area contributed by atoms with Gasteiger partial charge in [-0.2, -0.15) is 0 Å². The number of halogens is 2. The van der Waals surface area contributed by atoms with Gasteiger partial charge in [-0.05, 0) is 81.4 Å². The van der Waals surface area contributed by atoms with Gasteiger partial charge >= 0.3 is 6.09 Å². The monoisotopic (exact) mass is 882 g/mol. The van der Waals surface area contributed by atoms with Gasteiger partial charge in [-0.1, -0.05) is 47.5 Å². The predicted octanol–water partition coefficient (Wildman–Crippen LogP) is 8.24. The lowest BCUT2D eigenvalue weighted by atomic mass is 10.1. The van der Waals surface area contributed by atoms with Crippen LogP contribution >= 0.6 is 23.2 Å². The zero-order valence-electron chi connectivity index (χ0n) is 32.6. The molecule has 2 aliphatic rings. The van der Waals surface area contributed by atoms with Crippen LogP contribution in [0, 0.1) is 0 Å². The summed E-state index contributed by atoms with van der Waals surface area (Å²) in [5, 5.41) is 5.25. The molecular weight excluding hydrogens is 840 g/mol. The van der Waals surface area contributed by atoms with Gasteiger partial charge in [-0.25, -0.2) is 21.6 Å². The van der Waals surface area contributed by atoms with E-state index in [1.165, 1.54) is 18.2 Å². The highest BCUT2D eigenvalue weighted by Gasteiger charge is 2.28. The fourth-order valence-corrected chi connectivity index (χ4v) is 9.94. The second-order valence-electron chi connectivity index (χ2n) is 14.9. The van der Waals surface area contributed by atoms with Gasteiger partial charge in [0, 0.05) is 63.1 Å². The third kappa shape index (κ3) is 9.85. The maximum Gasteiger partial charge on any atom is 0.410 e. The predicted molar refractivity (Wildman–Crippen MR) is 232 cm³/mol. The minimum atomic E-state index is -3.88. The number of fused-ring (bicyclic) bond motifs is 2. The molecule has 0 spiro atoms. The maximum absolute atomic E-state index is 12.9. The number of carbonyl (C=O) groups excluding carboxylic acids is 1.